The number of nitrogens with zero attached hydrogens (tertiary/aromatic N) is 5. The lowest BCUT2D eigenvalue weighted by atomic mass is 9.96. The summed E-state index contributed by atoms with van der Waals surface area (Å²) in [6.07, 6.45) is 9.61. The maximum absolute atomic E-state index is 13.0. The van der Waals surface area contributed by atoms with E-state index in [1.165, 1.54) is 17.3 Å². The maximum atomic E-state index is 13.0. The van der Waals surface area contributed by atoms with Crippen molar-refractivity contribution in [2.75, 3.05) is 29.4 Å². The van der Waals surface area contributed by atoms with Crippen LogP contribution in [-0.4, -0.2) is 63.6 Å². The van der Waals surface area contributed by atoms with Crippen LogP contribution in [0.3, 0.4) is 0 Å². The highest BCUT2D eigenvalue weighted by Gasteiger charge is 2.44. The van der Waals surface area contributed by atoms with Gasteiger partial charge in [0.05, 0.1) is 11.3 Å². The number of rotatable bonds is 5. The Hall–Kier alpha value is -3.93. The summed E-state index contributed by atoms with van der Waals surface area (Å²) in [5.74, 6) is 1.96. The van der Waals surface area contributed by atoms with Gasteiger partial charge < -0.3 is 14.9 Å². The summed E-state index contributed by atoms with van der Waals surface area (Å²) in [7, 11) is 0. The molecular weight excluding hydrogens is 410 g/mol. The van der Waals surface area contributed by atoms with Gasteiger partial charge in [-0.05, 0) is 49.9 Å². The Morgan fingerprint density at radius 2 is 1.78 bits per heavy atom. The monoisotopic (exact) mass is 433 g/mol. The van der Waals surface area contributed by atoms with Crippen LogP contribution in [0.4, 0.5) is 16.4 Å². The fourth-order valence-electron chi connectivity index (χ4n) is 4.08. The highest BCUT2D eigenvalue weighted by atomic mass is 16.4. The number of anilines is 2. The molecule has 1 N–H and O–H groups in total. The molecule has 9 nitrogen and oxygen atoms in total. The van der Waals surface area contributed by atoms with E-state index in [1.807, 2.05) is 4.90 Å². The molecule has 9 heteroatoms. The number of aromatic carboxylic acids is 1. The van der Waals surface area contributed by atoms with Gasteiger partial charge in [-0.1, -0.05) is 5.92 Å². The van der Waals surface area contributed by atoms with Gasteiger partial charge in [-0.3, -0.25) is 4.79 Å². The highest BCUT2D eigenvalue weighted by Crippen LogP contribution is 2.29. The zero-order valence-corrected chi connectivity index (χ0v) is 17.6. The summed E-state index contributed by atoms with van der Waals surface area (Å²) in [6.45, 7) is 3.64. The van der Waals surface area contributed by atoms with E-state index in [9.17, 15) is 14.4 Å². The van der Waals surface area contributed by atoms with E-state index in [4.69, 9.17) is 11.5 Å². The number of carboxylic acids is 1. The third kappa shape index (κ3) is 3.99. The zero-order chi connectivity index (χ0) is 22.8. The van der Waals surface area contributed by atoms with Gasteiger partial charge >= 0.3 is 12.0 Å². The third-order valence-electron chi connectivity index (χ3n) is 6.01. The van der Waals surface area contributed by atoms with E-state index >= 15 is 0 Å². The molecule has 3 heterocycles. The average molecular weight is 433 g/mol. The molecule has 0 aliphatic carbocycles. The van der Waals surface area contributed by atoms with Crippen LogP contribution in [0.2, 0.25) is 0 Å². The van der Waals surface area contributed by atoms with Gasteiger partial charge in [-0.15, -0.1) is 6.42 Å². The van der Waals surface area contributed by atoms with Crippen LogP contribution in [-0.2, 0) is 4.79 Å². The molecule has 164 valence electrons. The number of amides is 3. The van der Waals surface area contributed by atoms with Gasteiger partial charge in [-0.2, -0.15) is 0 Å². The largest absolute Gasteiger partial charge is 0.478 e. The number of carbonyl (C=O) groups excluding carboxylic acids is 2. The Kier molecular flexibility index (Phi) is 5.77. The summed E-state index contributed by atoms with van der Waals surface area (Å²) in [6, 6.07) is 5.96. The molecule has 1 aromatic heterocycles. The second kappa shape index (κ2) is 8.67. The van der Waals surface area contributed by atoms with E-state index in [2.05, 4.69) is 15.9 Å². The molecule has 32 heavy (non-hydrogen) atoms. The molecule has 1 unspecified atom stereocenters. The average Bonchev–Trinajstić information content (AvgIpc) is 3.03. The molecule has 3 amide bonds. The number of aromatic nitrogens is 2. The molecule has 4 rings (SSSR count). The Labute approximate surface area is 185 Å². The number of hydrogen-bond donors (Lipinski definition) is 1. The molecular formula is C23H23N5O4. The predicted molar refractivity (Wildman–Crippen MR) is 117 cm³/mol. The summed E-state index contributed by atoms with van der Waals surface area (Å²) >= 11 is 0. The van der Waals surface area contributed by atoms with Gasteiger partial charge in [0.25, 0.3) is 5.91 Å². The van der Waals surface area contributed by atoms with Crippen molar-refractivity contribution in [1.82, 2.24) is 14.9 Å². The first-order valence-corrected chi connectivity index (χ1v) is 10.4. The minimum Gasteiger partial charge on any atom is -0.478 e. The van der Waals surface area contributed by atoms with Crippen molar-refractivity contribution >= 4 is 29.5 Å². The molecule has 0 radical (unpaired) electrons. The standard InChI is InChI=1S/C23H23N5O4/c1-3-16-4-6-19(7-5-16)28-20(29)15(2)27(23(28)32)14-17-8-10-26(11-9-17)22-24-12-18(13-25-22)21(30)31/h1,4-7,12-13,15,17H,8-11,14H2,2H3,(H,30,31). The topological polar surface area (TPSA) is 107 Å². The number of terminal acetylenes is 1. The number of hydrogen-bond acceptors (Lipinski definition) is 6. The van der Waals surface area contributed by atoms with E-state index in [1.54, 1.807) is 36.1 Å². The van der Waals surface area contributed by atoms with Crippen molar-refractivity contribution in [3.8, 4) is 12.3 Å². The van der Waals surface area contributed by atoms with Crippen molar-refractivity contribution < 1.29 is 19.5 Å². The number of urea groups is 1. The normalized spacial score (nSPS) is 19.4. The molecule has 2 fully saturated rings. The van der Waals surface area contributed by atoms with Gasteiger partial charge in [0.15, 0.2) is 0 Å². The van der Waals surface area contributed by atoms with Crippen LogP contribution in [0.25, 0.3) is 0 Å². The number of benzene rings is 1. The van der Waals surface area contributed by atoms with Gasteiger partial charge in [0.2, 0.25) is 5.95 Å². The van der Waals surface area contributed by atoms with Gasteiger partial charge in [-0.25, -0.2) is 24.5 Å². The fourth-order valence-corrected chi connectivity index (χ4v) is 4.08. The lowest BCUT2D eigenvalue weighted by Crippen LogP contribution is -2.42. The lowest BCUT2D eigenvalue weighted by molar-refractivity contribution is -0.119. The van der Waals surface area contributed by atoms with Crippen molar-refractivity contribution in [3.05, 3.63) is 47.8 Å². The zero-order valence-electron chi connectivity index (χ0n) is 17.6. The molecule has 1 aromatic carbocycles. The smallest absolute Gasteiger partial charge is 0.338 e. The maximum Gasteiger partial charge on any atom is 0.338 e. The van der Waals surface area contributed by atoms with E-state index in [0.29, 0.717) is 36.8 Å². The van der Waals surface area contributed by atoms with Crippen molar-refractivity contribution in [3.63, 3.8) is 0 Å². The third-order valence-corrected chi connectivity index (χ3v) is 6.01. The van der Waals surface area contributed by atoms with Crippen LogP contribution in [0, 0.1) is 18.3 Å². The van der Waals surface area contributed by atoms with Crippen molar-refractivity contribution in [1.29, 1.82) is 0 Å². The molecule has 2 aliphatic heterocycles. The number of piperidine rings is 1. The summed E-state index contributed by atoms with van der Waals surface area (Å²) in [5, 5.41) is 8.97. The van der Waals surface area contributed by atoms with E-state index in [0.717, 1.165) is 12.8 Å². The molecule has 0 bridgehead atoms. The summed E-state index contributed by atoms with van der Waals surface area (Å²) in [5.41, 5.74) is 1.25. The Bertz CT molecular complexity index is 1070. The predicted octanol–water partition coefficient (Wildman–Crippen LogP) is 2.23. The van der Waals surface area contributed by atoms with Gasteiger partial charge in [0.1, 0.15) is 6.04 Å². The summed E-state index contributed by atoms with van der Waals surface area (Å²) in [4.78, 5) is 49.9. The fraction of sp³-hybridized carbons (Fsp3) is 0.348. The second-order valence-corrected chi connectivity index (χ2v) is 7.98. The van der Waals surface area contributed by atoms with Crippen LogP contribution < -0.4 is 9.80 Å². The van der Waals surface area contributed by atoms with E-state index in [-0.39, 0.29) is 23.4 Å². The van der Waals surface area contributed by atoms with E-state index < -0.39 is 12.0 Å². The molecule has 2 aromatic rings. The minimum absolute atomic E-state index is 0.0494. The number of carboxylic acid groups (broad SMARTS) is 1. The lowest BCUT2D eigenvalue weighted by Gasteiger charge is -2.34. The van der Waals surface area contributed by atoms with Gasteiger partial charge in [0, 0.05) is 37.6 Å². The molecule has 0 saturated carbocycles. The quantitative estimate of drug-likeness (QED) is 0.569. The molecule has 0 spiro atoms. The summed E-state index contributed by atoms with van der Waals surface area (Å²) < 4.78 is 0. The van der Waals surface area contributed by atoms with Crippen LogP contribution in [0.15, 0.2) is 36.7 Å². The minimum atomic E-state index is -1.06. The molecule has 1 atom stereocenters. The second-order valence-electron chi connectivity index (χ2n) is 7.98. The van der Waals surface area contributed by atoms with Crippen LogP contribution in [0.5, 0.6) is 0 Å². The number of imide groups is 1. The van der Waals surface area contributed by atoms with Crippen molar-refractivity contribution in [2.45, 2.75) is 25.8 Å². The SMILES string of the molecule is C#Cc1ccc(N2C(=O)C(C)N(CC3CCN(c4ncc(C(=O)O)cn4)CC3)C2=O)cc1. The first-order valence-electron chi connectivity index (χ1n) is 10.4. The first kappa shape index (κ1) is 21.3. The number of carbonyl (C=O) groups is 3. The first-order chi connectivity index (χ1) is 15.4. The Morgan fingerprint density at radius 1 is 1.16 bits per heavy atom. The van der Waals surface area contributed by atoms with Crippen molar-refractivity contribution in [2.24, 2.45) is 5.92 Å². The Morgan fingerprint density at radius 3 is 2.34 bits per heavy atom. The van der Waals surface area contributed by atoms with Crippen LogP contribution in [0.1, 0.15) is 35.7 Å². The Balaban J connectivity index is 1.38. The highest BCUT2D eigenvalue weighted by molar-refractivity contribution is 6.21. The molecule has 2 saturated heterocycles. The van der Waals surface area contributed by atoms with Crippen LogP contribution >= 0.6 is 0 Å². The molecule has 2 aliphatic rings.